The number of anilines is 1. The highest BCUT2D eigenvalue weighted by atomic mass is 35.5. The molecule has 1 fully saturated rings. The SMILES string of the molecule is CC/C(=C\C=NC)CN(Cc1ccc(CN=O)cc1)C1CCN(CCNc2ccnc3cc(Cl)ccc23)CC1. The number of benzene rings is 2. The second-order valence-electron chi connectivity index (χ2n) is 10.1. The van der Waals surface area contributed by atoms with Gasteiger partial charge in [-0.3, -0.25) is 14.9 Å². The topological polar surface area (TPSA) is 73.2 Å². The molecule has 0 atom stereocenters. The molecule has 0 bridgehead atoms. The molecule has 206 valence electrons. The Labute approximate surface area is 236 Å². The molecule has 1 aliphatic rings. The Morgan fingerprint density at radius 1 is 1.15 bits per heavy atom. The van der Waals surface area contributed by atoms with Crippen LogP contribution in [0.3, 0.4) is 0 Å². The van der Waals surface area contributed by atoms with Crippen LogP contribution < -0.4 is 5.32 Å². The summed E-state index contributed by atoms with van der Waals surface area (Å²) in [5, 5.41) is 8.42. The van der Waals surface area contributed by atoms with Gasteiger partial charge in [0.25, 0.3) is 0 Å². The molecule has 0 radical (unpaired) electrons. The van der Waals surface area contributed by atoms with Gasteiger partial charge in [-0.1, -0.05) is 53.5 Å². The van der Waals surface area contributed by atoms with Crippen LogP contribution in [0.15, 0.2) is 76.5 Å². The molecule has 1 N–H and O–H groups in total. The van der Waals surface area contributed by atoms with Crippen LogP contribution in [0.5, 0.6) is 0 Å². The summed E-state index contributed by atoms with van der Waals surface area (Å²) in [6, 6.07) is 16.7. The number of rotatable bonds is 13. The third-order valence-electron chi connectivity index (χ3n) is 7.50. The van der Waals surface area contributed by atoms with Crippen molar-refractivity contribution >= 4 is 34.4 Å². The number of aromatic nitrogens is 1. The van der Waals surface area contributed by atoms with Crippen LogP contribution in [0.2, 0.25) is 5.02 Å². The molecule has 0 saturated carbocycles. The summed E-state index contributed by atoms with van der Waals surface area (Å²) < 4.78 is 0. The number of halogens is 1. The monoisotopic (exact) mass is 546 g/mol. The molecular formula is C31H39ClN6O. The molecular weight excluding hydrogens is 508 g/mol. The van der Waals surface area contributed by atoms with Crippen molar-refractivity contribution in [3.8, 4) is 0 Å². The quantitative estimate of drug-likeness (QED) is 0.194. The Balaban J connectivity index is 1.34. The maximum atomic E-state index is 10.6. The summed E-state index contributed by atoms with van der Waals surface area (Å²) in [7, 11) is 1.81. The first-order valence-electron chi connectivity index (χ1n) is 13.8. The number of hydrogen-bond donors (Lipinski definition) is 1. The van der Waals surface area contributed by atoms with Gasteiger partial charge in [0.15, 0.2) is 0 Å². The van der Waals surface area contributed by atoms with Crippen LogP contribution in [0.1, 0.15) is 37.3 Å². The molecule has 1 aliphatic heterocycles. The third-order valence-corrected chi connectivity index (χ3v) is 7.73. The van der Waals surface area contributed by atoms with Gasteiger partial charge in [-0.15, -0.1) is 0 Å². The van der Waals surface area contributed by atoms with Gasteiger partial charge in [0, 0.05) is 67.8 Å². The predicted molar refractivity (Wildman–Crippen MR) is 164 cm³/mol. The third kappa shape index (κ3) is 8.43. The molecule has 3 aromatic rings. The molecule has 1 aromatic heterocycles. The minimum absolute atomic E-state index is 0.224. The van der Waals surface area contributed by atoms with Gasteiger partial charge in [0.2, 0.25) is 0 Å². The predicted octanol–water partition coefficient (Wildman–Crippen LogP) is 6.57. The maximum absolute atomic E-state index is 10.6. The molecule has 7 nitrogen and oxygen atoms in total. The van der Waals surface area contributed by atoms with Crippen LogP contribution in [0.25, 0.3) is 10.9 Å². The Bertz CT molecular complexity index is 1270. The highest BCUT2D eigenvalue weighted by Crippen LogP contribution is 2.25. The number of nitrogens with one attached hydrogen (secondary N) is 1. The number of nitrogens with zero attached hydrogens (tertiary/aromatic N) is 5. The zero-order valence-corrected chi connectivity index (χ0v) is 23.8. The largest absolute Gasteiger partial charge is 0.383 e. The molecule has 39 heavy (non-hydrogen) atoms. The summed E-state index contributed by atoms with van der Waals surface area (Å²) in [5.74, 6) is 0. The minimum atomic E-state index is 0.224. The van der Waals surface area contributed by atoms with Crippen molar-refractivity contribution in [1.29, 1.82) is 0 Å². The van der Waals surface area contributed by atoms with Crippen molar-refractivity contribution in [2.45, 2.75) is 45.3 Å². The fraction of sp³-hybridized carbons (Fsp3) is 0.419. The summed E-state index contributed by atoms with van der Waals surface area (Å²) in [6.45, 7) is 8.32. The smallest absolute Gasteiger partial charge is 0.106 e. The number of pyridine rings is 1. The number of nitroso groups, excluding NO2 is 1. The Hall–Kier alpha value is -3.13. The highest BCUT2D eigenvalue weighted by Gasteiger charge is 2.25. The molecule has 1 saturated heterocycles. The van der Waals surface area contributed by atoms with E-state index in [4.69, 9.17) is 11.6 Å². The lowest BCUT2D eigenvalue weighted by atomic mass is 10.00. The fourth-order valence-electron chi connectivity index (χ4n) is 5.23. The number of aliphatic imine (C=N–C) groups is 1. The highest BCUT2D eigenvalue weighted by molar-refractivity contribution is 6.31. The van der Waals surface area contributed by atoms with Gasteiger partial charge >= 0.3 is 0 Å². The van der Waals surface area contributed by atoms with E-state index < -0.39 is 0 Å². The van der Waals surface area contributed by atoms with Gasteiger partial charge in [-0.25, -0.2) is 0 Å². The summed E-state index contributed by atoms with van der Waals surface area (Å²) >= 11 is 6.14. The molecule has 0 amide bonds. The number of likely N-dealkylation sites (tertiary alicyclic amines) is 1. The first-order chi connectivity index (χ1) is 19.1. The Morgan fingerprint density at radius 2 is 1.92 bits per heavy atom. The summed E-state index contributed by atoms with van der Waals surface area (Å²) in [4.78, 5) is 24.4. The van der Waals surface area contributed by atoms with E-state index in [0.29, 0.717) is 11.1 Å². The van der Waals surface area contributed by atoms with E-state index in [0.717, 1.165) is 80.7 Å². The van der Waals surface area contributed by atoms with Crippen LogP contribution in [-0.2, 0) is 13.1 Å². The molecule has 0 unspecified atom stereocenters. The number of fused-ring (bicyclic) bond motifs is 1. The lowest BCUT2D eigenvalue weighted by Gasteiger charge is -2.39. The van der Waals surface area contributed by atoms with Crippen molar-refractivity contribution < 1.29 is 0 Å². The summed E-state index contributed by atoms with van der Waals surface area (Å²) in [6.07, 6.45) is 9.18. The minimum Gasteiger partial charge on any atom is -0.383 e. The van der Waals surface area contributed by atoms with E-state index in [1.807, 2.05) is 55.9 Å². The van der Waals surface area contributed by atoms with E-state index in [2.05, 4.69) is 55.4 Å². The van der Waals surface area contributed by atoms with E-state index in [1.165, 1.54) is 11.1 Å². The Kier molecular flexibility index (Phi) is 11.0. The lowest BCUT2D eigenvalue weighted by Crippen LogP contribution is -2.46. The van der Waals surface area contributed by atoms with Crippen LogP contribution in [-0.4, -0.2) is 66.8 Å². The van der Waals surface area contributed by atoms with Gasteiger partial charge in [0.1, 0.15) is 6.54 Å². The second-order valence-corrected chi connectivity index (χ2v) is 10.6. The van der Waals surface area contributed by atoms with Crippen LogP contribution >= 0.6 is 11.6 Å². The zero-order chi connectivity index (χ0) is 27.5. The second kappa shape index (κ2) is 14.9. The van der Waals surface area contributed by atoms with E-state index >= 15 is 0 Å². The lowest BCUT2D eigenvalue weighted by molar-refractivity contribution is 0.112. The molecule has 2 heterocycles. The van der Waals surface area contributed by atoms with Crippen molar-refractivity contribution in [1.82, 2.24) is 14.8 Å². The van der Waals surface area contributed by atoms with Gasteiger partial charge in [-0.2, -0.15) is 4.91 Å². The molecule has 8 heteroatoms. The average molecular weight is 547 g/mol. The van der Waals surface area contributed by atoms with Crippen molar-refractivity contribution in [2.75, 3.05) is 45.1 Å². The first kappa shape index (κ1) is 28.9. The van der Waals surface area contributed by atoms with Crippen molar-refractivity contribution in [3.05, 3.63) is 87.4 Å². The maximum Gasteiger partial charge on any atom is 0.106 e. The van der Waals surface area contributed by atoms with E-state index in [1.54, 1.807) is 0 Å². The van der Waals surface area contributed by atoms with Gasteiger partial charge < -0.3 is 10.2 Å². The number of hydrogen-bond acceptors (Lipinski definition) is 7. The fourth-order valence-corrected chi connectivity index (χ4v) is 5.39. The summed E-state index contributed by atoms with van der Waals surface area (Å²) in [5.41, 5.74) is 5.62. The standard InChI is InChI=1S/C31H39ClN6O/c1-3-24(10-14-33-2)22-38(23-26-6-4-25(5-7-26)21-36-39)28-12-17-37(18-13-28)19-16-35-30-11-15-34-31-20-27(32)8-9-29(30)31/h4-11,14-15,20,28H,3,12-13,16-19,21-23H2,1-2H3,(H,34,35)/b24-10+,33-14?. The molecule has 2 aromatic carbocycles. The first-order valence-corrected chi connectivity index (χ1v) is 14.2. The Morgan fingerprint density at radius 3 is 2.64 bits per heavy atom. The van der Waals surface area contributed by atoms with Gasteiger partial charge in [0.05, 0.1) is 5.52 Å². The number of allylic oxidation sites excluding steroid dienone is 1. The van der Waals surface area contributed by atoms with Crippen molar-refractivity contribution in [2.24, 2.45) is 10.2 Å². The van der Waals surface area contributed by atoms with Crippen molar-refractivity contribution in [3.63, 3.8) is 0 Å². The van der Waals surface area contributed by atoms with E-state index in [-0.39, 0.29) is 6.54 Å². The van der Waals surface area contributed by atoms with Gasteiger partial charge in [-0.05, 0) is 73.8 Å². The molecule has 0 spiro atoms. The normalized spacial score (nSPS) is 15.4. The molecule has 4 rings (SSSR count). The van der Waals surface area contributed by atoms with E-state index in [9.17, 15) is 4.91 Å². The van der Waals surface area contributed by atoms with Crippen LogP contribution in [0.4, 0.5) is 5.69 Å². The van der Waals surface area contributed by atoms with Crippen LogP contribution in [0, 0.1) is 4.91 Å². The number of piperidine rings is 1. The zero-order valence-electron chi connectivity index (χ0n) is 23.0. The average Bonchev–Trinajstić information content (AvgIpc) is 2.96. The molecule has 0 aliphatic carbocycles.